The maximum absolute atomic E-state index is 13.2. The third-order valence-electron chi connectivity index (χ3n) is 3.38. The van der Waals surface area contributed by atoms with E-state index in [9.17, 15) is 35.9 Å². The van der Waals surface area contributed by atoms with Crippen LogP contribution in [0.5, 0.6) is 0 Å². The summed E-state index contributed by atoms with van der Waals surface area (Å²) < 4.78 is 82.7. The van der Waals surface area contributed by atoms with Crippen molar-refractivity contribution in [2.24, 2.45) is 0 Å². The van der Waals surface area contributed by atoms with Crippen LogP contribution in [-0.2, 0) is 22.3 Å². The normalized spacial score (nSPS) is 13.8. The molecular formula is C14H10F6N2O4. The van der Waals surface area contributed by atoms with Gasteiger partial charge in [0.15, 0.2) is 6.10 Å². The molecule has 2 aromatic rings. The number of fused-ring (bicyclic) bond motifs is 1. The van der Waals surface area contributed by atoms with E-state index in [1.165, 1.54) is 0 Å². The molecule has 1 aromatic heterocycles. The number of alkyl halides is 6. The number of hydrogen-bond acceptors (Lipinski definition) is 4. The number of carboxylic acid groups (broad SMARTS) is 1. The van der Waals surface area contributed by atoms with Crippen LogP contribution in [0.2, 0.25) is 0 Å². The molecule has 0 saturated carbocycles. The van der Waals surface area contributed by atoms with Gasteiger partial charge in [-0.15, -0.1) is 0 Å². The van der Waals surface area contributed by atoms with Gasteiger partial charge in [-0.2, -0.15) is 31.4 Å². The van der Waals surface area contributed by atoms with Crippen LogP contribution >= 0.6 is 0 Å². The van der Waals surface area contributed by atoms with Crippen LogP contribution < -0.4 is 5.56 Å². The number of nitrogens with zero attached hydrogens (tertiary/aromatic N) is 2. The molecule has 0 bridgehead atoms. The number of aliphatic carboxylic acids is 1. The Morgan fingerprint density at radius 2 is 1.85 bits per heavy atom. The molecule has 0 spiro atoms. The second-order valence-corrected chi connectivity index (χ2v) is 5.16. The number of methoxy groups -OCH3 is 1. The lowest BCUT2D eigenvalue weighted by molar-refractivity contribution is -0.217. The molecule has 26 heavy (non-hydrogen) atoms. The third-order valence-corrected chi connectivity index (χ3v) is 3.38. The van der Waals surface area contributed by atoms with Crippen molar-refractivity contribution < 1.29 is 41.0 Å². The van der Waals surface area contributed by atoms with E-state index in [0.29, 0.717) is 25.3 Å². The van der Waals surface area contributed by atoms with Crippen molar-refractivity contribution in [2.45, 2.75) is 25.0 Å². The van der Waals surface area contributed by atoms with Gasteiger partial charge in [-0.3, -0.25) is 9.59 Å². The smallest absolute Gasteiger partial charge is 0.420 e. The van der Waals surface area contributed by atoms with Crippen molar-refractivity contribution >= 4 is 16.7 Å². The zero-order valence-electron chi connectivity index (χ0n) is 12.9. The zero-order chi connectivity index (χ0) is 19.9. The number of hydrogen-bond donors (Lipinski definition) is 1. The number of aromatic nitrogens is 2. The Kier molecular flexibility index (Phi) is 4.99. The molecule has 0 saturated heterocycles. The van der Waals surface area contributed by atoms with E-state index in [4.69, 9.17) is 5.11 Å². The lowest BCUT2D eigenvalue weighted by atomic mass is 10.0. The summed E-state index contributed by atoms with van der Waals surface area (Å²) in [5.41, 5.74) is -3.47. The molecule has 0 fully saturated rings. The Bertz CT molecular complexity index is 903. The van der Waals surface area contributed by atoms with Gasteiger partial charge in [0.05, 0.1) is 10.9 Å². The van der Waals surface area contributed by atoms with Crippen LogP contribution in [0.1, 0.15) is 17.4 Å². The molecule has 0 radical (unpaired) electrons. The molecular weight excluding hydrogens is 374 g/mol. The highest BCUT2D eigenvalue weighted by Crippen LogP contribution is 2.38. The van der Waals surface area contributed by atoms with Crippen LogP contribution in [0.4, 0.5) is 26.3 Å². The van der Waals surface area contributed by atoms with Gasteiger partial charge in [0.25, 0.3) is 5.56 Å². The molecule has 12 heteroatoms. The molecule has 142 valence electrons. The molecule has 1 atom stereocenters. The topological polar surface area (TPSA) is 81.4 Å². The number of benzene rings is 1. The summed E-state index contributed by atoms with van der Waals surface area (Å²) in [6, 6.07) is 1.53. The first kappa shape index (κ1) is 19.7. The molecule has 0 aliphatic rings. The van der Waals surface area contributed by atoms with E-state index >= 15 is 0 Å². The Hall–Kier alpha value is -2.63. The molecule has 1 N–H and O–H groups in total. The number of carbonyl (C=O) groups is 1. The summed E-state index contributed by atoms with van der Waals surface area (Å²) in [6.07, 6.45) is -12.7. The predicted molar refractivity (Wildman–Crippen MR) is 74.4 cm³/mol. The Morgan fingerprint density at radius 1 is 1.23 bits per heavy atom. The summed E-state index contributed by atoms with van der Waals surface area (Å²) in [5, 5.41) is 10.8. The van der Waals surface area contributed by atoms with E-state index in [0.717, 1.165) is 0 Å². The number of rotatable bonds is 4. The first-order valence-electron chi connectivity index (χ1n) is 6.79. The van der Waals surface area contributed by atoms with E-state index in [2.05, 4.69) is 9.84 Å². The van der Waals surface area contributed by atoms with Gasteiger partial charge in [-0.25, -0.2) is 4.68 Å². The molecule has 6 nitrogen and oxygen atoms in total. The van der Waals surface area contributed by atoms with Gasteiger partial charge < -0.3 is 9.84 Å². The van der Waals surface area contributed by atoms with Gasteiger partial charge >= 0.3 is 18.3 Å². The van der Waals surface area contributed by atoms with E-state index in [1.807, 2.05) is 0 Å². The molecule has 1 aromatic carbocycles. The third kappa shape index (κ3) is 3.79. The Balaban J connectivity index is 2.90. The summed E-state index contributed by atoms with van der Waals surface area (Å²) >= 11 is 0. The van der Waals surface area contributed by atoms with Gasteiger partial charge in [0.1, 0.15) is 12.2 Å². The zero-order valence-corrected chi connectivity index (χ0v) is 12.9. The maximum Gasteiger partial charge on any atom is 0.420 e. The van der Waals surface area contributed by atoms with Gasteiger partial charge in [-0.1, -0.05) is 0 Å². The highest BCUT2D eigenvalue weighted by atomic mass is 19.4. The van der Waals surface area contributed by atoms with Gasteiger partial charge in [0, 0.05) is 12.5 Å². The fourth-order valence-corrected chi connectivity index (χ4v) is 2.32. The highest BCUT2D eigenvalue weighted by Gasteiger charge is 2.44. The predicted octanol–water partition coefficient (Wildman–Crippen LogP) is 2.75. The second-order valence-electron chi connectivity index (χ2n) is 5.16. The molecule has 1 heterocycles. The quantitative estimate of drug-likeness (QED) is 0.820. The maximum atomic E-state index is 13.2. The summed E-state index contributed by atoms with van der Waals surface area (Å²) in [7, 11) is 0.659. The number of ether oxygens (including phenoxy) is 1. The minimum absolute atomic E-state index is 0.227. The van der Waals surface area contributed by atoms with Gasteiger partial charge in [0.2, 0.25) is 0 Å². The van der Waals surface area contributed by atoms with Crippen LogP contribution in [0.25, 0.3) is 10.8 Å². The van der Waals surface area contributed by atoms with Crippen LogP contribution in [-0.4, -0.2) is 34.1 Å². The largest absolute Gasteiger partial charge is 0.480 e. The first-order chi connectivity index (χ1) is 11.9. The van der Waals surface area contributed by atoms with Crippen molar-refractivity contribution in [3.8, 4) is 0 Å². The van der Waals surface area contributed by atoms with Crippen LogP contribution in [0.15, 0.2) is 23.0 Å². The highest BCUT2D eigenvalue weighted by molar-refractivity contribution is 5.85. The molecule has 0 amide bonds. The molecule has 1 unspecified atom stereocenters. The lowest BCUT2D eigenvalue weighted by Crippen LogP contribution is -2.32. The van der Waals surface area contributed by atoms with Gasteiger partial charge in [-0.05, 0) is 18.2 Å². The fraction of sp³-hybridized carbons (Fsp3) is 0.357. The Labute approximate surface area is 140 Å². The number of carboxylic acids is 1. The van der Waals surface area contributed by atoms with E-state index < -0.39 is 58.6 Å². The van der Waals surface area contributed by atoms with Crippen molar-refractivity contribution in [3.63, 3.8) is 0 Å². The summed E-state index contributed by atoms with van der Waals surface area (Å²) in [4.78, 5) is 23.0. The van der Waals surface area contributed by atoms with Crippen molar-refractivity contribution in [1.82, 2.24) is 9.78 Å². The van der Waals surface area contributed by atoms with Crippen molar-refractivity contribution in [1.29, 1.82) is 0 Å². The van der Waals surface area contributed by atoms with Crippen molar-refractivity contribution in [3.05, 3.63) is 39.8 Å². The average Bonchev–Trinajstić information content (AvgIpc) is 2.49. The Morgan fingerprint density at radius 3 is 2.31 bits per heavy atom. The standard InChI is InChI=1S/C14H10F6N2O4/c1-26-11(14(18,19)20)10-8-4-6(13(15,16)17)2-3-7(8)12(25)22(21-10)5-9(23)24/h2-4,11H,5H2,1H3,(H,23,24). The van der Waals surface area contributed by atoms with E-state index in [-0.39, 0.29) is 4.68 Å². The number of halogens is 6. The lowest BCUT2D eigenvalue weighted by Gasteiger charge is -2.21. The van der Waals surface area contributed by atoms with Crippen LogP contribution in [0, 0.1) is 0 Å². The minimum Gasteiger partial charge on any atom is -0.480 e. The fourth-order valence-electron chi connectivity index (χ4n) is 2.32. The minimum atomic E-state index is -5.06. The monoisotopic (exact) mass is 384 g/mol. The molecule has 2 rings (SSSR count). The SMILES string of the molecule is COC(c1nn(CC(=O)O)c(=O)c2ccc(C(F)(F)F)cc12)C(F)(F)F. The molecule has 0 aliphatic carbocycles. The van der Waals surface area contributed by atoms with Crippen LogP contribution in [0.3, 0.4) is 0 Å². The summed E-state index contributed by atoms with van der Waals surface area (Å²) in [5.74, 6) is -1.57. The molecule has 0 aliphatic heterocycles. The average molecular weight is 384 g/mol. The second kappa shape index (κ2) is 6.59. The summed E-state index contributed by atoms with van der Waals surface area (Å²) in [6.45, 7) is -1.07. The first-order valence-corrected chi connectivity index (χ1v) is 6.79. The van der Waals surface area contributed by atoms with Crippen molar-refractivity contribution in [2.75, 3.05) is 7.11 Å². The van der Waals surface area contributed by atoms with E-state index in [1.54, 1.807) is 0 Å².